The van der Waals surface area contributed by atoms with Gasteiger partial charge in [0.2, 0.25) is 0 Å². The number of nitrogens with zero attached hydrogens (tertiary/aromatic N) is 2. The summed E-state index contributed by atoms with van der Waals surface area (Å²) in [6.45, 7) is 10.1. The number of esters is 1. The Kier molecular flexibility index (Phi) is 5.20. The lowest BCUT2D eigenvalue weighted by Crippen LogP contribution is -2.41. The quantitative estimate of drug-likeness (QED) is 0.773. The van der Waals surface area contributed by atoms with Gasteiger partial charge in [0.1, 0.15) is 11.8 Å². The lowest BCUT2D eigenvalue weighted by Gasteiger charge is -2.28. The summed E-state index contributed by atoms with van der Waals surface area (Å²) in [5, 5.41) is 0. The molecule has 0 aromatic carbocycles. The van der Waals surface area contributed by atoms with Gasteiger partial charge >= 0.3 is 5.97 Å². The van der Waals surface area contributed by atoms with Crippen molar-refractivity contribution in [1.29, 1.82) is 0 Å². The molecule has 0 radical (unpaired) electrons. The average molecular weight is 280 g/mol. The van der Waals surface area contributed by atoms with Gasteiger partial charge in [0.15, 0.2) is 0 Å². The Hall–Kier alpha value is -1.33. The minimum absolute atomic E-state index is 0.115. The summed E-state index contributed by atoms with van der Waals surface area (Å²) in [4.78, 5) is 14.5. The van der Waals surface area contributed by atoms with Gasteiger partial charge in [-0.05, 0) is 32.9 Å². The predicted octanol–water partition coefficient (Wildman–Crippen LogP) is 1.95. The molecule has 1 aliphatic rings. The van der Waals surface area contributed by atoms with Crippen LogP contribution in [0.4, 0.5) is 0 Å². The monoisotopic (exact) mass is 280 g/mol. The van der Waals surface area contributed by atoms with Crippen molar-refractivity contribution in [3.05, 3.63) is 24.0 Å². The number of rotatable bonds is 5. The van der Waals surface area contributed by atoms with E-state index in [4.69, 9.17) is 9.47 Å². The zero-order valence-corrected chi connectivity index (χ0v) is 12.5. The highest BCUT2D eigenvalue weighted by Gasteiger charge is 2.19. The molecule has 2 rings (SSSR count). The third kappa shape index (κ3) is 3.84. The Morgan fingerprint density at radius 3 is 2.70 bits per heavy atom. The summed E-state index contributed by atoms with van der Waals surface area (Å²) in [6, 6.07) is 3.94. The largest absolute Gasteiger partial charge is 0.457 e. The molecule has 112 valence electrons. The summed E-state index contributed by atoms with van der Waals surface area (Å²) in [7, 11) is 0. The highest BCUT2D eigenvalue weighted by atomic mass is 16.5. The zero-order chi connectivity index (χ0) is 14.5. The summed E-state index contributed by atoms with van der Waals surface area (Å²) >= 11 is 0. The van der Waals surface area contributed by atoms with Gasteiger partial charge in [-0.15, -0.1) is 0 Å². The molecule has 0 spiro atoms. The van der Waals surface area contributed by atoms with Gasteiger partial charge in [-0.2, -0.15) is 0 Å². The standard InChI is InChI=1S/C15H24N2O3/c1-12(2)17-6-4-5-14(17)15(18)20-13(3)11-16-7-9-19-10-8-16/h4-6,12-13H,7-11H2,1-3H3/t13-/m0/s1. The second-order valence-corrected chi connectivity index (χ2v) is 5.52. The van der Waals surface area contributed by atoms with Crippen LogP contribution in [0.5, 0.6) is 0 Å². The number of ether oxygens (including phenoxy) is 2. The van der Waals surface area contributed by atoms with Gasteiger partial charge in [0.05, 0.1) is 13.2 Å². The molecular weight excluding hydrogens is 256 g/mol. The molecule has 0 N–H and O–H groups in total. The molecule has 2 heterocycles. The third-order valence-electron chi connectivity index (χ3n) is 3.47. The van der Waals surface area contributed by atoms with Gasteiger partial charge in [-0.25, -0.2) is 4.79 Å². The van der Waals surface area contributed by atoms with Gasteiger partial charge < -0.3 is 14.0 Å². The Morgan fingerprint density at radius 2 is 2.05 bits per heavy atom. The molecular formula is C15H24N2O3. The molecule has 5 nitrogen and oxygen atoms in total. The number of carbonyl (C=O) groups excluding carboxylic acids is 1. The van der Waals surface area contributed by atoms with Crippen molar-refractivity contribution in [3.63, 3.8) is 0 Å². The van der Waals surface area contributed by atoms with E-state index in [1.807, 2.05) is 43.7 Å². The number of hydrogen-bond acceptors (Lipinski definition) is 4. The molecule has 1 fully saturated rings. The molecule has 1 aliphatic heterocycles. The van der Waals surface area contributed by atoms with E-state index >= 15 is 0 Å². The molecule has 1 aromatic rings. The van der Waals surface area contributed by atoms with Crippen LogP contribution in [-0.4, -0.2) is 54.4 Å². The second-order valence-electron chi connectivity index (χ2n) is 5.52. The minimum Gasteiger partial charge on any atom is -0.457 e. The van der Waals surface area contributed by atoms with Gasteiger partial charge in [-0.1, -0.05) is 0 Å². The zero-order valence-electron chi connectivity index (χ0n) is 12.5. The minimum atomic E-state index is -0.246. The Labute approximate surface area is 120 Å². The summed E-state index contributed by atoms with van der Waals surface area (Å²) in [5.74, 6) is -0.246. The first-order chi connectivity index (χ1) is 9.58. The van der Waals surface area contributed by atoms with Crippen LogP contribution in [0.25, 0.3) is 0 Å². The normalized spacial score (nSPS) is 18.2. The first kappa shape index (κ1) is 15.1. The molecule has 20 heavy (non-hydrogen) atoms. The fourth-order valence-corrected chi connectivity index (χ4v) is 2.44. The first-order valence-electron chi connectivity index (χ1n) is 7.26. The summed E-state index contributed by atoms with van der Waals surface area (Å²) in [6.07, 6.45) is 1.80. The van der Waals surface area contributed by atoms with Gasteiger partial charge in [0, 0.05) is 31.9 Å². The van der Waals surface area contributed by atoms with Gasteiger partial charge in [0.25, 0.3) is 0 Å². The van der Waals surface area contributed by atoms with Crippen LogP contribution in [0.15, 0.2) is 18.3 Å². The fraction of sp³-hybridized carbons (Fsp3) is 0.667. The van der Waals surface area contributed by atoms with Crippen molar-refractivity contribution in [3.8, 4) is 0 Å². The topological polar surface area (TPSA) is 43.7 Å². The molecule has 0 unspecified atom stereocenters. The van der Waals surface area contributed by atoms with E-state index in [-0.39, 0.29) is 18.1 Å². The molecule has 1 saturated heterocycles. The molecule has 5 heteroatoms. The first-order valence-corrected chi connectivity index (χ1v) is 7.26. The summed E-state index contributed by atoms with van der Waals surface area (Å²) in [5.41, 5.74) is 0.619. The molecule has 0 amide bonds. The highest BCUT2D eigenvalue weighted by Crippen LogP contribution is 2.13. The molecule has 1 aromatic heterocycles. The van der Waals surface area contributed by atoms with E-state index in [9.17, 15) is 4.79 Å². The van der Waals surface area contributed by atoms with Crippen LogP contribution in [-0.2, 0) is 9.47 Å². The van der Waals surface area contributed by atoms with Gasteiger partial charge in [-0.3, -0.25) is 4.90 Å². The van der Waals surface area contributed by atoms with Crippen LogP contribution in [0.3, 0.4) is 0 Å². The van der Waals surface area contributed by atoms with Crippen LogP contribution in [0.2, 0.25) is 0 Å². The van der Waals surface area contributed by atoms with Crippen molar-refractivity contribution < 1.29 is 14.3 Å². The smallest absolute Gasteiger partial charge is 0.355 e. The third-order valence-corrected chi connectivity index (χ3v) is 3.47. The molecule has 0 bridgehead atoms. The van der Waals surface area contributed by atoms with E-state index < -0.39 is 0 Å². The number of aromatic nitrogens is 1. The fourth-order valence-electron chi connectivity index (χ4n) is 2.44. The van der Waals surface area contributed by atoms with E-state index in [1.54, 1.807) is 0 Å². The SMILES string of the molecule is CC(C)n1cccc1C(=O)O[C@@H](C)CN1CCOCC1. The van der Waals surface area contributed by atoms with Crippen LogP contribution < -0.4 is 0 Å². The number of morpholine rings is 1. The van der Waals surface area contributed by atoms with Crippen molar-refractivity contribution >= 4 is 5.97 Å². The van der Waals surface area contributed by atoms with Crippen molar-refractivity contribution in [2.24, 2.45) is 0 Å². The maximum absolute atomic E-state index is 12.2. The highest BCUT2D eigenvalue weighted by molar-refractivity contribution is 5.87. The van der Waals surface area contributed by atoms with Crippen LogP contribution in [0, 0.1) is 0 Å². The number of hydrogen-bond donors (Lipinski definition) is 0. The van der Waals surface area contributed by atoms with Crippen molar-refractivity contribution in [2.45, 2.75) is 32.9 Å². The average Bonchev–Trinajstić information content (AvgIpc) is 2.89. The predicted molar refractivity (Wildman–Crippen MR) is 77.0 cm³/mol. The lowest BCUT2D eigenvalue weighted by molar-refractivity contribution is -0.000210. The van der Waals surface area contributed by atoms with Crippen molar-refractivity contribution in [2.75, 3.05) is 32.8 Å². The van der Waals surface area contributed by atoms with Crippen LogP contribution >= 0.6 is 0 Å². The Morgan fingerprint density at radius 1 is 1.35 bits per heavy atom. The van der Waals surface area contributed by atoms with E-state index in [0.29, 0.717) is 5.69 Å². The maximum atomic E-state index is 12.2. The Bertz CT molecular complexity index is 436. The molecule has 1 atom stereocenters. The molecule has 0 aliphatic carbocycles. The van der Waals surface area contributed by atoms with E-state index in [2.05, 4.69) is 4.90 Å². The lowest BCUT2D eigenvalue weighted by atomic mass is 10.3. The maximum Gasteiger partial charge on any atom is 0.355 e. The van der Waals surface area contributed by atoms with E-state index in [0.717, 1.165) is 32.8 Å². The second kappa shape index (κ2) is 6.90. The van der Waals surface area contributed by atoms with E-state index in [1.165, 1.54) is 0 Å². The summed E-state index contributed by atoms with van der Waals surface area (Å²) < 4.78 is 12.8. The molecule has 0 saturated carbocycles. The van der Waals surface area contributed by atoms with Crippen LogP contribution in [0.1, 0.15) is 37.3 Å². The van der Waals surface area contributed by atoms with Crippen molar-refractivity contribution in [1.82, 2.24) is 9.47 Å². The number of carbonyl (C=O) groups is 1. The Balaban J connectivity index is 1.88.